The minimum absolute atomic E-state index is 0. The summed E-state index contributed by atoms with van der Waals surface area (Å²) in [6, 6.07) is 0. The van der Waals surface area contributed by atoms with Crippen LogP contribution < -0.4 is 0 Å². The molecule has 12 aromatic heterocycles. The Labute approximate surface area is 730 Å². The van der Waals surface area contributed by atoms with Crippen LogP contribution in [0.25, 0.3) is 6.08 Å². The van der Waals surface area contributed by atoms with E-state index in [4.69, 9.17) is 4.74 Å². The third-order valence-corrected chi connectivity index (χ3v) is 24.5. The van der Waals surface area contributed by atoms with E-state index in [-0.39, 0.29) is 7.43 Å². The van der Waals surface area contributed by atoms with Crippen LogP contribution in [0.2, 0.25) is 0 Å². The molecule has 0 saturated carbocycles. The summed E-state index contributed by atoms with van der Waals surface area (Å²) in [5, 5.41) is 16.8. The molecule has 666 valence electrons. The lowest BCUT2D eigenvalue weighted by molar-refractivity contribution is 0.0769. The Morgan fingerprint density at radius 2 is 0.585 bits per heavy atom. The molecule has 4 aliphatic carbocycles. The van der Waals surface area contributed by atoms with Crippen LogP contribution in [-0.4, -0.2) is 144 Å². The first-order valence-corrected chi connectivity index (χ1v) is 46.5. The van der Waals surface area contributed by atoms with Gasteiger partial charge in [0.15, 0.2) is 11.6 Å². The van der Waals surface area contributed by atoms with E-state index in [9.17, 15) is 0 Å². The molecule has 29 nitrogen and oxygen atoms in total. The van der Waals surface area contributed by atoms with E-state index in [1.54, 1.807) is 0 Å². The van der Waals surface area contributed by atoms with Crippen LogP contribution in [0.15, 0.2) is 30.9 Å². The van der Waals surface area contributed by atoms with E-state index in [0.29, 0.717) is 6.61 Å². The number of hydrogen-bond acceptors (Lipinski definition) is 17. The highest BCUT2D eigenvalue weighted by Gasteiger charge is 2.20. The van der Waals surface area contributed by atoms with E-state index < -0.39 is 0 Å². The van der Waals surface area contributed by atoms with Crippen LogP contribution in [0.5, 0.6) is 0 Å². The van der Waals surface area contributed by atoms with Crippen LogP contribution in [-0.2, 0) is 154 Å². The standard InChI is InChI=1S/C10H16N2.3C9H14N2.2C8H12N2.C7H11N3.C7H9N3.2C7H10N2.C6H9N3O.C6H9N3.CH4/c1-9-11-8-10-6-4-2-3-5-7-12(9)10;1-8-10-7-9-5-3-2-4-6-11(8)9;2*1-7-10-8-5-3-2-4-6-9(8)11-7;1-7-9-6-8-4-2-3-5-10(7)8;1-6-9-7-4-2-3-5-8(7)10-6;2*1-6-8-7-4-2-3-5-10(7)9-6;1-6-8-5-7-3-2-4-9(6)7;1-5-8-6-3-2-4-7(6)9-5;1-5-7-6-4-10-3-2-9(6)8-5;1-5-7-6-3-2-4-9(6)8-5;/h8H,2-7H2,1H3;7H,2-6H2,1H3;2*2-6H2,1H3,(H,10,11);6H,2-5H2,1H3;2-5H2,1H3,(H,9,10);2-5H2,1H3;2,4H,3,5H2,1H3;5H,2-4H2,1H3;2-4H2,1H3,(H,8,9);2-4H2,1H3;2-4H2,1H3;1H4. The Kier molecular flexibility index (Phi) is 34.9. The van der Waals surface area contributed by atoms with Gasteiger partial charge in [0.05, 0.1) is 35.9 Å². The lowest BCUT2D eigenvalue weighted by Crippen LogP contribution is -2.17. The van der Waals surface area contributed by atoms with Crippen molar-refractivity contribution in [2.75, 3.05) is 6.61 Å². The number of aryl methyl sites for hydroxylation is 29. The Hall–Kier alpha value is -10.1. The topological polar surface area (TPSA) is 318 Å². The number of aromatic amines is 4. The fraction of sp³-hybridized carbons (Fsp3) is 0.638. The summed E-state index contributed by atoms with van der Waals surface area (Å²) in [5.74, 6) is 16.8. The number of aromatic nitrogens is 28. The Balaban J connectivity index is 0.000000122. The van der Waals surface area contributed by atoms with Crippen LogP contribution >= 0.6 is 0 Å². The molecule has 0 bridgehead atoms. The molecule has 24 rings (SSSR count). The fourth-order valence-corrected chi connectivity index (χ4v) is 18.2. The maximum atomic E-state index is 5.19. The SMILES string of the molecule is C.Cc1nc2c([nH]1)CCC2.Cc1nc2c([nH]1)CCCC2.Cc1nc2c([nH]1)CCCCC2.Cc1nc2c([nH]1)CCCCC2.Cc1nc2n(n1)CCC2.Cc1nc2n(n1)CCC=C2.Cc1nc2n(n1)CCCC2.Cc1nc2n(n1)CCOC2.Cc1ncc2n1CCC2.Cc1ncc2n1CCCC2.Cc1ncc2n1CCCCC2.Cc1ncc2n1CCCCCC2. The molecular formula is C94H144N28O. The number of hydrogen-bond donors (Lipinski definition) is 4. The molecule has 12 aromatic rings. The van der Waals surface area contributed by atoms with Gasteiger partial charge >= 0.3 is 0 Å². The van der Waals surface area contributed by atoms with Gasteiger partial charge < -0.3 is 42.9 Å². The van der Waals surface area contributed by atoms with Gasteiger partial charge in [-0.15, -0.1) is 0 Å². The van der Waals surface area contributed by atoms with E-state index in [2.05, 4.69) is 152 Å². The van der Waals surface area contributed by atoms with Crippen molar-refractivity contribution in [2.45, 2.75) is 387 Å². The summed E-state index contributed by atoms with van der Waals surface area (Å²) >= 11 is 0. The fourth-order valence-electron chi connectivity index (χ4n) is 18.2. The lowest BCUT2D eigenvalue weighted by atomic mass is 10.0. The first kappa shape index (κ1) is 92.1. The molecule has 12 aliphatic rings. The summed E-state index contributed by atoms with van der Waals surface area (Å²) in [6.07, 6.45) is 59.1. The molecule has 8 aliphatic heterocycles. The second-order valence-corrected chi connectivity index (χ2v) is 34.4. The normalized spacial score (nSPS) is 16.7. The molecule has 0 unspecified atom stereocenters. The first-order chi connectivity index (χ1) is 59.4. The van der Waals surface area contributed by atoms with Gasteiger partial charge in [-0.1, -0.05) is 45.6 Å². The number of rotatable bonds is 0. The highest BCUT2D eigenvalue weighted by Crippen LogP contribution is 2.25. The number of H-pyrrole nitrogens is 4. The second-order valence-electron chi connectivity index (χ2n) is 34.4. The molecule has 29 heteroatoms. The largest absolute Gasteiger partial charge is 0.372 e. The van der Waals surface area contributed by atoms with Gasteiger partial charge in [-0.25, -0.2) is 78.5 Å². The molecule has 0 spiro atoms. The highest BCUT2D eigenvalue weighted by molar-refractivity contribution is 5.41. The molecular weight excluding hydrogens is 1540 g/mol. The number of imidazole rings is 8. The maximum Gasteiger partial charge on any atom is 0.153 e. The Morgan fingerprint density at radius 3 is 1.05 bits per heavy atom. The summed E-state index contributed by atoms with van der Waals surface area (Å²) < 4.78 is 22.4. The van der Waals surface area contributed by atoms with Crippen LogP contribution in [0, 0.1) is 83.1 Å². The maximum absolute atomic E-state index is 5.19. The number of allylic oxidation sites excluding steroid dienone is 1. The molecule has 4 N–H and O–H groups in total. The molecule has 123 heavy (non-hydrogen) atoms. The van der Waals surface area contributed by atoms with Gasteiger partial charge in [0, 0.05) is 129 Å². The van der Waals surface area contributed by atoms with Crippen LogP contribution in [0.3, 0.4) is 0 Å². The van der Waals surface area contributed by atoms with Crippen molar-refractivity contribution >= 4 is 6.08 Å². The molecule has 0 atom stereocenters. The third kappa shape index (κ3) is 27.0. The molecule has 0 fully saturated rings. The minimum atomic E-state index is 0. The second kappa shape index (κ2) is 46.6. The van der Waals surface area contributed by atoms with Crippen LogP contribution in [0.1, 0.15) is 317 Å². The average Bonchev–Trinajstić information content (AvgIpc) is 1.70. The van der Waals surface area contributed by atoms with Crippen molar-refractivity contribution in [1.29, 1.82) is 0 Å². The van der Waals surface area contributed by atoms with Gasteiger partial charge in [-0.2, -0.15) is 20.4 Å². The van der Waals surface area contributed by atoms with Crippen molar-refractivity contribution in [1.82, 2.24) is 137 Å². The van der Waals surface area contributed by atoms with E-state index in [1.807, 2.05) is 105 Å². The summed E-state index contributed by atoms with van der Waals surface area (Å²) in [4.78, 5) is 64.9. The zero-order chi connectivity index (χ0) is 85.1. The molecule has 0 amide bonds. The Morgan fingerprint density at radius 1 is 0.276 bits per heavy atom. The van der Waals surface area contributed by atoms with Crippen LogP contribution in [0.4, 0.5) is 0 Å². The van der Waals surface area contributed by atoms with E-state index in [1.165, 1.54) is 342 Å². The predicted molar refractivity (Wildman–Crippen MR) is 484 cm³/mol. The number of nitrogens with one attached hydrogen (secondary N) is 4. The van der Waals surface area contributed by atoms with Crippen molar-refractivity contribution < 1.29 is 4.74 Å². The zero-order valence-corrected chi connectivity index (χ0v) is 75.8. The number of fused-ring (bicyclic) bond motifs is 12. The quantitative estimate of drug-likeness (QED) is 0.103. The zero-order valence-electron chi connectivity index (χ0n) is 75.8. The number of ether oxygens (including phenoxy) is 1. The van der Waals surface area contributed by atoms with Gasteiger partial charge in [-0.05, 0) is 282 Å². The van der Waals surface area contributed by atoms with Gasteiger partial charge in [-0.3, -0.25) is 0 Å². The molecule has 20 heterocycles. The highest BCUT2D eigenvalue weighted by atomic mass is 16.5. The van der Waals surface area contributed by atoms with E-state index in [0.717, 1.165) is 116 Å². The minimum Gasteiger partial charge on any atom is -0.372 e. The summed E-state index contributed by atoms with van der Waals surface area (Å²) in [7, 11) is 0. The average molecular weight is 1680 g/mol. The monoisotopic (exact) mass is 1680 g/mol. The first-order valence-electron chi connectivity index (χ1n) is 46.5. The third-order valence-electron chi connectivity index (χ3n) is 24.5. The smallest absolute Gasteiger partial charge is 0.153 e. The van der Waals surface area contributed by atoms with Gasteiger partial charge in [0.1, 0.15) is 88.1 Å². The van der Waals surface area contributed by atoms with E-state index >= 15 is 0 Å². The molecule has 0 radical (unpaired) electrons. The van der Waals surface area contributed by atoms with Crippen molar-refractivity contribution in [3.63, 3.8) is 0 Å². The number of nitrogens with zero attached hydrogens (tertiary/aromatic N) is 24. The van der Waals surface area contributed by atoms with Gasteiger partial charge in [0.2, 0.25) is 0 Å². The Bertz CT molecular complexity index is 4810. The van der Waals surface area contributed by atoms with Crippen molar-refractivity contribution in [2.24, 2.45) is 0 Å². The van der Waals surface area contributed by atoms with Crippen molar-refractivity contribution in [3.05, 3.63) is 192 Å². The predicted octanol–water partition coefficient (Wildman–Crippen LogP) is 16.9. The summed E-state index contributed by atoms with van der Waals surface area (Å²) in [6.45, 7) is 34.2. The van der Waals surface area contributed by atoms with Crippen molar-refractivity contribution in [3.8, 4) is 0 Å². The summed E-state index contributed by atoms with van der Waals surface area (Å²) in [5.41, 5.74) is 16.5. The molecule has 0 saturated heterocycles. The lowest BCUT2D eigenvalue weighted by Gasteiger charge is -2.14. The molecule has 0 aromatic carbocycles. The van der Waals surface area contributed by atoms with Gasteiger partial charge in [0.25, 0.3) is 0 Å².